The predicted molar refractivity (Wildman–Crippen MR) is 86.5 cm³/mol. The van der Waals surface area contributed by atoms with E-state index in [0.29, 0.717) is 5.92 Å². The van der Waals surface area contributed by atoms with Crippen LogP contribution in [-0.2, 0) is 13.0 Å². The van der Waals surface area contributed by atoms with Gasteiger partial charge in [0.05, 0.1) is 6.54 Å². The second kappa shape index (κ2) is 7.36. The monoisotopic (exact) mass is 286 g/mol. The number of hydrogen-bond acceptors (Lipinski definition) is 3. The lowest BCUT2D eigenvalue weighted by atomic mass is 10.1. The Morgan fingerprint density at radius 2 is 1.76 bits per heavy atom. The summed E-state index contributed by atoms with van der Waals surface area (Å²) in [4.78, 5) is 4.33. The summed E-state index contributed by atoms with van der Waals surface area (Å²) in [6.07, 6.45) is 1.08. The Morgan fingerprint density at radius 1 is 1.10 bits per heavy atom. The summed E-state index contributed by atoms with van der Waals surface area (Å²) in [5.74, 6) is 2.51. The van der Waals surface area contributed by atoms with E-state index in [4.69, 9.17) is 0 Å². The largest absolute Gasteiger partial charge is 0.316 e. The molecule has 0 bridgehead atoms. The zero-order valence-corrected chi connectivity index (χ0v) is 13.6. The van der Waals surface area contributed by atoms with Crippen molar-refractivity contribution in [2.24, 2.45) is 5.92 Å². The van der Waals surface area contributed by atoms with Crippen LogP contribution in [0.15, 0.2) is 24.3 Å². The number of aryl methyl sites for hydroxylation is 2. The maximum Gasteiger partial charge on any atom is 0.147 e. The molecule has 0 atom stereocenters. The summed E-state index contributed by atoms with van der Waals surface area (Å²) >= 11 is 0. The predicted octanol–water partition coefficient (Wildman–Crippen LogP) is 2.73. The van der Waals surface area contributed by atoms with Crippen LogP contribution in [-0.4, -0.2) is 27.9 Å². The van der Waals surface area contributed by atoms with E-state index in [1.807, 2.05) is 18.5 Å². The summed E-state index contributed by atoms with van der Waals surface area (Å²) < 4.78 is 1.95. The zero-order valence-electron chi connectivity index (χ0n) is 13.6. The Kier molecular flexibility index (Phi) is 5.51. The Morgan fingerprint density at radius 3 is 2.33 bits per heavy atom. The molecule has 0 aliphatic heterocycles. The van der Waals surface area contributed by atoms with Crippen LogP contribution in [0, 0.1) is 19.8 Å². The molecule has 1 heterocycles. The van der Waals surface area contributed by atoms with Crippen molar-refractivity contribution in [3.63, 3.8) is 0 Å². The van der Waals surface area contributed by atoms with Gasteiger partial charge in [-0.05, 0) is 50.4 Å². The molecule has 1 N–H and O–H groups in total. The molecule has 0 saturated carbocycles. The molecule has 21 heavy (non-hydrogen) atoms. The number of aromatic nitrogens is 3. The van der Waals surface area contributed by atoms with E-state index in [-0.39, 0.29) is 0 Å². The number of nitrogens with one attached hydrogen (secondary N) is 1. The SMILES string of the molecule is Cc1nc(C)n(Cc2ccc(CCNCC(C)C)cc2)n1. The Bertz CT molecular complexity index is 555. The first-order valence-electron chi connectivity index (χ1n) is 7.71. The van der Waals surface area contributed by atoms with Crippen LogP contribution in [0.2, 0.25) is 0 Å². The van der Waals surface area contributed by atoms with Gasteiger partial charge in [-0.25, -0.2) is 9.67 Å². The highest BCUT2D eigenvalue weighted by Crippen LogP contribution is 2.08. The van der Waals surface area contributed by atoms with E-state index in [0.717, 1.165) is 37.7 Å². The third-order valence-electron chi connectivity index (χ3n) is 3.46. The minimum Gasteiger partial charge on any atom is -0.316 e. The van der Waals surface area contributed by atoms with E-state index in [2.05, 4.69) is 53.5 Å². The van der Waals surface area contributed by atoms with Crippen LogP contribution in [0.4, 0.5) is 0 Å². The standard InChI is InChI=1S/C17H26N4/c1-13(2)11-18-10-9-16-5-7-17(8-6-16)12-21-15(4)19-14(3)20-21/h5-8,13,18H,9-12H2,1-4H3. The van der Waals surface area contributed by atoms with Gasteiger partial charge in [-0.1, -0.05) is 38.1 Å². The Labute approximate surface area is 127 Å². The van der Waals surface area contributed by atoms with Gasteiger partial charge in [-0.2, -0.15) is 5.10 Å². The Hall–Kier alpha value is -1.68. The molecule has 4 heteroatoms. The van der Waals surface area contributed by atoms with Gasteiger partial charge in [0.25, 0.3) is 0 Å². The third-order valence-corrected chi connectivity index (χ3v) is 3.46. The fraction of sp³-hybridized carbons (Fsp3) is 0.529. The van der Waals surface area contributed by atoms with Crippen molar-refractivity contribution in [3.8, 4) is 0 Å². The van der Waals surface area contributed by atoms with Crippen LogP contribution in [0.5, 0.6) is 0 Å². The number of hydrogen-bond donors (Lipinski definition) is 1. The summed E-state index contributed by atoms with van der Waals surface area (Å²) in [6, 6.07) is 8.81. The summed E-state index contributed by atoms with van der Waals surface area (Å²) in [7, 11) is 0. The van der Waals surface area contributed by atoms with E-state index in [1.54, 1.807) is 0 Å². The van der Waals surface area contributed by atoms with E-state index in [1.165, 1.54) is 11.1 Å². The molecule has 4 nitrogen and oxygen atoms in total. The zero-order chi connectivity index (χ0) is 15.2. The fourth-order valence-corrected chi connectivity index (χ4v) is 2.32. The third kappa shape index (κ3) is 4.97. The summed E-state index contributed by atoms with van der Waals surface area (Å²) in [5.41, 5.74) is 2.64. The number of nitrogens with zero attached hydrogens (tertiary/aromatic N) is 3. The average molecular weight is 286 g/mol. The first-order valence-corrected chi connectivity index (χ1v) is 7.71. The smallest absolute Gasteiger partial charge is 0.147 e. The molecular formula is C17H26N4. The minimum atomic E-state index is 0.710. The molecule has 1 aromatic heterocycles. The molecule has 2 aromatic rings. The van der Waals surface area contributed by atoms with Crippen molar-refractivity contribution >= 4 is 0 Å². The molecule has 0 aliphatic carbocycles. The fourth-order valence-electron chi connectivity index (χ4n) is 2.32. The molecule has 0 radical (unpaired) electrons. The van der Waals surface area contributed by atoms with E-state index < -0.39 is 0 Å². The van der Waals surface area contributed by atoms with Crippen LogP contribution in [0.1, 0.15) is 36.6 Å². The van der Waals surface area contributed by atoms with Crippen molar-refractivity contribution in [2.45, 2.75) is 40.7 Å². The first kappa shape index (κ1) is 15.7. The molecule has 2 rings (SSSR count). The number of benzene rings is 1. The summed E-state index contributed by atoms with van der Waals surface area (Å²) in [6.45, 7) is 11.3. The van der Waals surface area contributed by atoms with Gasteiger partial charge in [-0.15, -0.1) is 0 Å². The normalized spacial score (nSPS) is 11.3. The lowest BCUT2D eigenvalue weighted by molar-refractivity contribution is 0.554. The first-order chi connectivity index (χ1) is 10.0. The van der Waals surface area contributed by atoms with Crippen LogP contribution >= 0.6 is 0 Å². The maximum absolute atomic E-state index is 4.40. The topological polar surface area (TPSA) is 42.7 Å². The van der Waals surface area contributed by atoms with Gasteiger partial charge in [0.1, 0.15) is 11.6 Å². The van der Waals surface area contributed by atoms with Crippen LogP contribution in [0.3, 0.4) is 0 Å². The molecule has 0 fully saturated rings. The average Bonchev–Trinajstić information content (AvgIpc) is 2.74. The molecule has 0 aliphatic rings. The molecule has 114 valence electrons. The van der Waals surface area contributed by atoms with Gasteiger partial charge in [0, 0.05) is 0 Å². The van der Waals surface area contributed by atoms with Gasteiger partial charge >= 0.3 is 0 Å². The van der Waals surface area contributed by atoms with Crippen LogP contribution < -0.4 is 5.32 Å². The highest BCUT2D eigenvalue weighted by Gasteiger charge is 2.03. The maximum atomic E-state index is 4.40. The lowest BCUT2D eigenvalue weighted by Crippen LogP contribution is -2.22. The molecule has 0 unspecified atom stereocenters. The van der Waals surface area contributed by atoms with Crippen molar-refractivity contribution < 1.29 is 0 Å². The van der Waals surface area contributed by atoms with Crippen molar-refractivity contribution in [3.05, 3.63) is 47.0 Å². The molecule has 1 aromatic carbocycles. The molecule has 0 saturated heterocycles. The van der Waals surface area contributed by atoms with Crippen molar-refractivity contribution in [1.82, 2.24) is 20.1 Å². The molecule has 0 amide bonds. The van der Waals surface area contributed by atoms with Gasteiger partial charge in [-0.3, -0.25) is 0 Å². The second-order valence-corrected chi connectivity index (χ2v) is 6.03. The minimum absolute atomic E-state index is 0.710. The molecular weight excluding hydrogens is 260 g/mol. The van der Waals surface area contributed by atoms with Crippen LogP contribution in [0.25, 0.3) is 0 Å². The second-order valence-electron chi connectivity index (χ2n) is 6.03. The quantitative estimate of drug-likeness (QED) is 0.796. The highest BCUT2D eigenvalue weighted by molar-refractivity contribution is 5.23. The Balaban J connectivity index is 1.85. The van der Waals surface area contributed by atoms with E-state index >= 15 is 0 Å². The molecule has 0 spiro atoms. The summed E-state index contributed by atoms with van der Waals surface area (Å²) in [5, 5.41) is 7.88. The van der Waals surface area contributed by atoms with Crippen molar-refractivity contribution in [2.75, 3.05) is 13.1 Å². The number of rotatable bonds is 7. The van der Waals surface area contributed by atoms with Gasteiger partial charge in [0.2, 0.25) is 0 Å². The van der Waals surface area contributed by atoms with Crippen molar-refractivity contribution in [1.29, 1.82) is 0 Å². The van der Waals surface area contributed by atoms with Gasteiger partial charge < -0.3 is 5.32 Å². The van der Waals surface area contributed by atoms with E-state index in [9.17, 15) is 0 Å². The lowest BCUT2D eigenvalue weighted by Gasteiger charge is -2.08. The van der Waals surface area contributed by atoms with Gasteiger partial charge in [0.15, 0.2) is 0 Å². The highest BCUT2D eigenvalue weighted by atomic mass is 15.3.